The first-order valence-corrected chi connectivity index (χ1v) is 4.91. The average Bonchev–Trinajstić information content (AvgIpc) is 2.60. The van der Waals surface area contributed by atoms with Gasteiger partial charge < -0.3 is 20.9 Å². The van der Waals surface area contributed by atoms with Gasteiger partial charge in [-0.25, -0.2) is 0 Å². The predicted octanol–water partition coefficient (Wildman–Crippen LogP) is -1.48. The van der Waals surface area contributed by atoms with Gasteiger partial charge in [0, 0.05) is 0 Å². The molecule has 4 N–H and O–H groups in total. The van der Waals surface area contributed by atoms with Gasteiger partial charge in [-0.1, -0.05) is 0 Å². The van der Waals surface area contributed by atoms with E-state index >= 15 is 0 Å². The fraction of sp³-hybridized carbons (Fsp3) is 0.778. The highest BCUT2D eigenvalue weighted by atomic mass is 16.5. The van der Waals surface area contributed by atoms with Gasteiger partial charge in [0.25, 0.3) is 0 Å². The normalized spacial score (nSPS) is 27.3. The molecule has 1 aliphatic heterocycles. The number of hydrogen-bond donors (Lipinski definition) is 3. The molecule has 6 nitrogen and oxygen atoms in total. The summed E-state index contributed by atoms with van der Waals surface area (Å²) >= 11 is 0. The zero-order valence-corrected chi connectivity index (χ0v) is 8.60. The first-order valence-electron chi connectivity index (χ1n) is 4.91. The minimum Gasteiger partial charge on any atom is -0.381 e. The minimum absolute atomic E-state index is 0.0850. The Balaban J connectivity index is 2.27. The Morgan fingerprint density at radius 3 is 2.73 bits per heavy atom. The Morgan fingerprint density at radius 2 is 2.27 bits per heavy atom. The molecular formula is C9H16N2O4. The van der Waals surface area contributed by atoms with Gasteiger partial charge >= 0.3 is 0 Å². The molecule has 0 aromatic heterocycles. The monoisotopic (exact) mass is 216 g/mol. The van der Waals surface area contributed by atoms with E-state index in [-0.39, 0.29) is 18.6 Å². The zero-order valence-electron chi connectivity index (χ0n) is 8.60. The molecule has 0 aliphatic carbocycles. The topological polar surface area (TPSA) is 102 Å². The van der Waals surface area contributed by atoms with Gasteiger partial charge in [-0.15, -0.1) is 0 Å². The summed E-state index contributed by atoms with van der Waals surface area (Å²) in [7, 11) is 0. The third-order valence-corrected chi connectivity index (χ3v) is 2.32. The summed E-state index contributed by atoms with van der Waals surface area (Å²) in [5, 5.41) is 11.5. The largest absolute Gasteiger partial charge is 0.381 e. The molecule has 0 spiro atoms. The van der Waals surface area contributed by atoms with Gasteiger partial charge in [0.05, 0.1) is 12.6 Å². The van der Waals surface area contributed by atoms with E-state index < -0.39 is 18.1 Å². The van der Waals surface area contributed by atoms with Crippen molar-refractivity contribution in [3.63, 3.8) is 0 Å². The van der Waals surface area contributed by atoms with Gasteiger partial charge in [-0.05, 0) is 19.8 Å². The van der Waals surface area contributed by atoms with Crippen LogP contribution < -0.4 is 11.1 Å². The van der Waals surface area contributed by atoms with Gasteiger partial charge in [-0.2, -0.15) is 0 Å². The molecular weight excluding hydrogens is 200 g/mol. The van der Waals surface area contributed by atoms with Crippen LogP contribution in [0.5, 0.6) is 0 Å². The summed E-state index contributed by atoms with van der Waals surface area (Å²) < 4.78 is 5.31. The van der Waals surface area contributed by atoms with Crippen molar-refractivity contribution in [2.45, 2.75) is 38.1 Å². The molecule has 86 valence electrons. The highest BCUT2D eigenvalue weighted by Gasteiger charge is 2.28. The third kappa shape index (κ3) is 3.49. The number of carbonyl (C=O) groups excluding carboxylic acids is 2. The van der Waals surface area contributed by atoms with Crippen molar-refractivity contribution in [2.24, 2.45) is 5.73 Å². The molecule has 3 unspecified atom stereocenters. The number of aliphatic hydroxyl groups excluding tert-OH is 1. The highest BCUT2D eigenvalue weighted by molar-refractivity contribution is 5.83. The summed E-state index contributed by atoms with van der Waals surface area (Å²) in [5.41, 5.74) is 4.83. The number of primary amides is 1. The molecule has 1 heterocycles. The molecule has 0 aromatic rings. The maximum atomic E-state index is 11.4. The fourth-order valence-corrected chi connectivity index (χ4v) is 1.41. The van der Waals surface area contributed by atoms with Crippen LogP contribution in [0.1, 0.15) is 19.8 Å². The van der Waals surface area contributed by atoms with Gasteiger partial charge in [0.15, 0.2) is 0 Å². The van der Waals surface area contributed by atoms with E-state index in [1.165, 1.54) is 0 Å². The second kappa shape index (κ2) is 5.09. The minimum atomic E-state index is -1.34. The molecule has 0 bridgehead atoms. The van der Waals surface area contributed by atoms with E-state index in [1.807, 2.05) is 6.92 Å². The summed E-state index contributed by atoms with van der Waals surface area (Å²) in [6, 6.07) is 0. The van der Waals surface area contributed by atoms with Crippen molar-refractivity contribution in [1.82, 2.24) is 5.32 Å². The lowest BCUT2D eigenvalue weighted by Gasteiger charge is -2.13. The maximum Gasteiger partial charge on any atom is 0.249 e. The number of aliphatic hydroxyl groups is 1. The van der Waals surface area contributed by atoms with E-state index in [0.29, 0.717) is 6.42 Å². The van der Waals surface area contributed by atoms with E-state index in [2.05, 4.69) is 5.32 Å². The predicted molar refractivity (Wildman–Crippen MR) is 51.8 cm³/mol. The van der Waals surface area contributed by atoms with Gasteiger partial charge in [0.2, 0.25) is 11.8 Å². The van der Waals surface area contributed by atoms with Crippen molar-refractivity contribution >= 4 is 11.8 Å². The highest BCUT2D eigenvalue weighted by Crippen LogP contribution is 2.18. The Hall–Kier alpha value is -1.14. The quantitative estimate of drug-likeness (QED) is 0.533. The van der Waals surface area contributed by atoms with Crippen LogP contribution in [-0.2, 0) is 14.3 Å². The van der Waals surface area contributed by atoms with E-state index in [0.717, 1.165) is 6.42 Å². The molecule has 15 heavy (non-hydrogen) atoms. The maximum absolute atomic E-state index is 11.4. The lowest BCUT2D eigenvalue weighted by molar-refractivity contribution is -0.133. The molecule has 1 fully saturated rings. The van der Waals surface area contributed by atoms with Crippen LogP contribution in [0.25, 0.3) is 0 Å². The van der Waals surface area contributed by atoms with E-state index in [4.69, 9.17) is 15.6 Å². The second-order valence-electron chi connectivity index (χ2n) is 3.68. The number of rotatable bonds is 4. The van der Waals surface area contributed by atoms with E-state index in [1.54, 1.807) is 0 Å². The first kappa shape index (κ1) is 11.9. The second-order valence-corrected chi connectivity index (χ2v) is 3.68. The lowest BCUT2D eigenvalue weighted by atomic mass is 10.2. The Morgan fingerprint density at radius 1 is 1.60 bits per heavy atom. The molecule has 0 aromatic carbocycles. The third-order valence-electron chi connectivity index (χ3n) is 2.32. The van der Waals surface area contributed by atoms with Crippen molar-refractivity contribution in [2.75, 3.05) is 6.54 Å². The molecule has 1 saturated heterocycles. The number of amides is 2. The summed E-state index contributed by atoms with van der Waals surface area (Å²) in [5.74, 6) is -1.16. The Kier molecular flexibility index (Phi) is 4.05. The van der Waals surface area contributed by atoms with Gasteiger partial charge in [-0.3, -0.25) is 9.59 Å². The molecule has 0 saturated carbocycles. The van der Waals surface area contributed by atoms with Crippen LogP contribution in [0.4, 0.5) is 0 Å². The molecule has 1 aliphatic rings. The SMILES string of the molecule is CC1CCC(C(=O)NCC(O)C(N)=O)O1. The van der Waals surface area contributed by atoms with Crippen LogP contribution in [0.3, 0.4) is 0 Å². The Labute approximate surface area is 87.8 Å². The number of nitrogens with one attached hydrogen (secondary N) is 1. The average molecular weight is 216 g/mol. The molecule has 0 radical (unpaired) electrons. The van der Waals surface area contributed by atoms with Crippen LogP contribution in [0.2, 0.25) is 0 Å². The zero-order chi connectivity index (χ0) is 11.4. The van der Waals surface area contributed by atoms with Crippen LogP contribution in [0.15, 0.2) is 0 Å². The fourth-order valence-electron chi connectivity index (χ4n) is 1.41. The molecule has 3 atom stereocenters. The number of nitrogens with two attached hydrogens (primary N) is 1. The Bertz CT molecular complexity index is 256. The van der Waals surface area contributed by atoms with Crippen molar-refractivity contribution in [3.05, 3.63) is 0 Å². The van der Waals surface area contributed by atoms with Crippen LogP contribution in [-0.4, -0.2) is 41.8 Å². The summed E-state index contributed by atoms with van der Waals surface area (Å²) in [6.45, 7) is 1.73. The lowest BCUT2D eigenvalue weighted by Crippen LogP contribution is -2.43. The summed E-state index contributed by atoms with van der Waals surface area (Å²) in [4.78, 5) is 21.9. The smallest absolute Gasteiger partial charge is 0.249 e. The molecule has 2 amide bonds. The molecule has 1 rings (SSSR count). The standard InChI is InChI=1S/C9H16N2O4/c1-5-2-3-7(15-5)9(14)11-4-6(12)8(10)13/h5-7,12H,2-4H2,1H3,(H2,10,13)(H,11,14). The van der Waals surface area contributed by atoms with Gasteiger partial charge in [0.1, 0.15) is 12.2 Å². The first-order chi connectivity index (χ1) is 7.00. The van der Waals surface area contributed by atoms with E-state index in [9.17, 15) is 9.59 Å². The number of carbonyl (C=O) groups is 2. The van der Waals surface area contributed by atoms with Crippen molar-refractivity contribution < 1.29 is 19.4 Å². The van der Waals surface area contributed by atoms with Crippen LogP contribution >= 0.6 is 0 Å². The van der Waals surface area contributed by atoms with Crippen molar-refractivity contribution in [1.29, 1.82) is 0 Å². The molecule has 6 heteroatoms. The van der Waals surface area contributed by atoms with Crippen LogP contribution in [0, 0.1) is 0 Å². The van der Waals surface area contributed by atoms with Crippen molar-refractivity contribution in [3.8, 4) is 0 Å². The number of ether oxygens (including phenoxy) is 1. The number of hydrogen-bond acceptors (Lipinski definition) is 4. The summed E-state index contributed by atoms with van der Waals surface area (Å²) in [6.07, 6.45) is -0.217.